The topological polar surface area (TPSA) is 85.4 Å². The highest BCUT2D eigenvalue weighted by Gasteiger charge is 2.43. The van der Waals surface area contributed by atoms with Crippen LogP contribution < -0.4 is 5.43 Å². The van der Waals surface area contributed by atoms with Crippen LogP contribution in [0.2, 0.25) is 0 Å². The van der Waals surface area contributed by atoms with Crippen LogP contribution >= 0.6 is 0 Å². The zero-order valence-corrected chi connectivity index (χ0v) is 12.0. The van der Waals surface area contributed by atoms with Crippen LogP contribution in [0.5, 0.6) is 0 Å². The minimum Gasteiger partial charge on any atom is -0.480 e. The van der Waals surface area contributed by atoms with Gasteiger partial charge in [0.15, 0.2) is 0 Å². The Kier molecular flexibility index (Phi) is 4.46. The molecule has 0 aromatic carbocycles. The zero-order chi connectivity index (χ0) is 14.8. The molecule has 8 nitrogen and oxygen atoms in total. The van der Waals surface area contributed by atoms with Gasteiger partial charge < -0.3 is 19.6 Å². The van der Waals surface area contributed by atoms with Crippen molar-refractivity contribution >= 4 is 12.0 Å². The van der Waals surface area contributed by atoms with Crippen molar-refractivity contribution in [3.05, 3.63) is 0 Å². The van der Waals surface area contributed by atoms with E-state index in [4.69, 9.17) is 9.84 Å². The molecule has 2 aliphatic heterocycles. The van der Waals surface area contributed by atoms with Crippen molar-refractivity contribution in [1.82, 2.24) is 20.2 Å². The number of carbonyl (C=O) groups excluding carboxylic acids is 1. The first-order valence-electron chi connectivity index (χ1n) is 6.73. The largest absolute Gasteiger partial charge is 0.480 e. The summed E-state index contributed by atoms with van der Waals surface area (Å²) < 4.78 is 5.27. The maximum atomic E-state index is 12.0. The number of likely N-dealkylation sites (tertiary alicyclic amines) is 1. The summed E-state index contributed by atoms with van der Waals surface area (Å²) in [5.74, 6) is -0.994. The second-order valence-corrected chi connectivity index (χ2v) is 5.70. The highest BCUT2D eigenvalue weighted by atomic mass is 16.5. The van der Waals surface area contributed by atoms with Crippen LogP contribution in [0.15, 0.2) is 0 Å². The van der Waals surface area contributed by atoms with E-state index in [1.165, 1.54) is 0 Å². The quantitative estimate of drug-likeness (QED) is 0.692. The third kappa shape index (κ3) is 3.81. The maximum Gasteiger partial charge on any atom is 0.332 e. The molecule has 8 heteroatoms. The van der Waals surface area contributed by atoms with E-state index in [2.05, 4.69) is 17.4 Å². The molecule has 20 heavy (non-hydrogen) atoms. The second kappa shape index (κ2) is 5.94. The van der Waals surface area contributed by atoms with Crippen LogP contribution in [0.25, 0.3) is 0 Å². The molecular weight excluding hydrogens is 264 g/mol. The number of hydrogen-bond acceptors (Lipinski definition) is 5. The summed E-state index contributed by atoms with van der Waals surface area (Å²) in [5.41, 5.74) is 2.32. The number of carbonyl (C=O) groups is 2. The number of rotatable bonds is 4. The van der Waals surface area contributed by atoms with Crippen molar-refractivity contribution in [3.8, 4) is 0 Å². The van der Waals surface area contributed by atoms with E-state index in [0.717, 1.165) is 26.2 Å². The second-order valence-electron chi connectivity index (χ2n) is 5.70. The van der Waals surface area contributed by atoms with Gasteiger partial charge in [-0.05, 0) is 14.0 Å². The Labute approximate surface area is 118 Å². The van der Waals surface area contributed by atoms with Gasteiger partial charge in [0, 0.05) is 26.2 Å². The monoisotopic (exact) mass is 286 g/mol. The first-order chi connectivity index (χ1) is 9.38. The van der Waals surface area contributed by atoms with Gasteiger partial charge in [-0.15, -0.1) is 0 Å². The number of amides is 2. The molecule has 2 N–H and O–H groups in total. The van der Waals surface area contributed by atoms with Crippen molar-refractivity contribution in [1.29, 1.82) is 0 Å². The third-order valence-electron chi connectivity index (χ3n) is 3.64. The Morgan fingerprint density at radius 3 is 2.40 bits per heavy atom. The molecule has 2 rings (SSSR count). The fourth-order valence-electron chi connectivity index (χ4n) is 2.36. The number of aliphatic carboxylic acids is 1. The van der Waals surface area contributed by atoms with Crippen LogP contribution in [0.3, 0.4) is 0 Å². The lowest BCUT2D eigenvalue weighted by atomic mass is 9.97. The van der Waals surface area contributed by atoms with E-state index in [1.54, 1.807) is 4.90 Å². The number of piperazine rings is 1. The lowest BCUT2D eigenvalue weighted by molar-refractivity contribution is -0.159. The number of nitrogens with one attached hydrogen (secondary N) is 1. The van der Waals surface area contributed by atoms with E-state index in [9.17, 15) is 9.59 Å². The minimum absolute atomic E-state index is 0.147. The maximum absolute atomic E-state index is 12.0. The standard InChI is InChI=1S/C12H22N4O4/c1-12(20-7-10(17)18)8-15(9-12)11(19)13-16-5-3-14(2)4-6-16/h3-9H2,1-2H3,(H,13,19)(H,17,18). The molecule has 0 unspecified atom stereocenters. The van der Waals surface area contributed by atoms with Crippen molar-refractivity contribution in [2.75, 3.05) is 52.9 Å². The predicted molar refractivity (Wildman–Crippen MR) is 71.2 cm³/mol. The van der Waals surface area contributed by atoms with Gasteiger partial charge in [-0.3, -0.25) is 5.43 Å². The summed E-state index contributed by atoms with van der Waals surface area (Å²) in [7, 11) is 2.06. The number of hydrazine groups is 1. The average molecular weight is 286 g/mol. The van der Waals surface area contributed by atoms with Crippen LogP contribution in [-0.2, 0) is 9.53 Å². The van der Waals surface area contributed by atoms with E-state index >= 15 is 0 Å². The molecular formula is C12H22N4O4. The van der Waals surface area contributed by atoms with Crippen LogP contribution in [-0.4, -0.2) is 90.4 Å². The molecule has 0 aromatic rings. The number of carboxylic acids is 1. The Bertz CT molecular complexity index is 376. The van der Waals surface area contributed by atoms with E-state index in [1.807, 2.05) is 11.9 Å². The van der Waals surface area contributed by atoms with Gasteiger partial charge in [0.2, 0.25) is 0 Å². The summed E-state index contributed by atoms with van der Waals surface area (Å²) >= 11 is 0. The summed E-state index contributed by atoms with van der Waals surface area (Å²) in [6, 6.07) is -0.147. The lowest BCUT2D eigenvalue weighted by Crippen LogP contribution is -2.67. The minimum atomic E-state index is -0.994. The fourth-order valence-corrected chi connectivity index (χ4v) is 2.36. The van der Waals surface area contributed by atoms with Gasteiger partial charge in [0.05, 0.1) is 13.1 Å². The number of urea groups is 1. The SMILES string of the molecule is CN1CCN(NC(=O)N2CC(C)(OCC(=O)O)C2)CC1. The third-order valence-corrected chi connectivity index (χ3v) is 3.64. The summed E-state index contributed by atoms with van der Waals surface area (Å²) in [4.78, 5) is 26.3. The van der Waals surface area contributed by atoms with Gasteiger partial charge in [-0.2, -0.15) is 0 Å². The Morgan fingerprint density at radius 2 is 1.85 bits per heavy atom. The zero-order valence-electron chi connectivity index (χ0n) is 12.0. The number of likely N-dealkylation sites (N-methyl/N-ethyl adjacent to an activating group) is 1. The van der Waals surface area contributed by atoms with E-state index < -0.39 is 11.6 Å². The molecule has 0 aliphatic carbocycles. The molecule has 0 radical (unpaired) electrons. The van der Waals surface area contributed by atoms with Crippen molar-refractivity contribution in [2.45, 2.75) is 12.5 Å². The van der Waals surface area contributed by atoms with Crippen molar-refractivity contribution in [3.63, 3.8) is 0 Å². The molecule has 2 heterocycles. The highest BCUT2D eigenvalue weighted by molar-refractivity contribution is 5.75. The number of carboxylic acid groups (broad SMARTS) is 1. The Balaban J connectivity index is 1.69. The van der Waals surface area contributed by atoms with Gasteiger partial charge in [0.25, 0.3) is 0 Å². The van der Waals surface area contributed by atoms with E-state index in [0.29, 0.717) is 13.1 Å². The molecule has 2 saturated heterocycles. The van der Waals surface area contributed by atoms with Gasteiger partial charge in [-0.25, -0.2) is 14.6 Å². The highest BCUT2D eigenvalue weighted by Crippen LogP contribution is 2.24. The van der Waals surface area contributed by atoms with Crippen LogP contribution in [0, 0.1) is 0 Å². The first-order valence-corrected chi connectivity index (χ1v) is 6.73. The van der Waals surface area contributed by atoms with Gasteiger partial charge >= 0.3 is 12.0 Å². The molecule has 114 valence electrons. The molecule has 2 amide bonds. The van der Waals surface area contributed by atoms with Crippen molar-refractivity contribution in [2.24, 2.45) is 0 Å². The summed E-state index contributed by atoms with van der Waals surface area (Å²) in [5, 5.41) is 10.5. The molecule has 0 bridgehead atoms. The summed E-state index contributed by atoms with van der Waals surface area (Å²) in [6.07, 6.45) is 0. The Morgan fingerprint density at radius 1 is 1.25 bits per heavy atom. The van der Waals surface area contributed by atoms with Crippen LogP contribution in [0.1, 0.15) is 6.92 Å². The molecule has 2 aliphatic rings. The summed E-state index contributed by atoms with van der Waals surface area (Å²) in [6.45, 7) is 5.80. The molecule has 0 aromatic heterocycles. The van der Waals surface area contributed by atoms with Crippen molar-refractivity contribution < 1.29 is 19.4 Å². The molecule has 0 saturated carbocycles. The number of nitrogens with zero attached hydrogens (tertiary/aromatic N) is 3. The normalized spacial score (nSPS) is 23.2. The van der Waals surface area contributed by atoms with Crippen LogP contribution in [0.4, 0.5) is 4.79 Å². The first kappa shape index (κ1) is 15.0. The number of hydrogen-bond donors (Lipinski definition) is 2. The number of ether oxygens (including phenoxy) is 1. The van der Waals surface area contributed by atoms with Gasteiger partial charge in [-0.1, -0.05) is 0 Å². The van der Waals surface area contributed by atoms with E-state index in [-0.39, 0.29) is 12.6 Å². The Hall–Kier alpha value is -1.38. The molecule has 0 spiro atoms. The molecule has 0 atom stereocenters. The van der Waals surface area contributed by atoms with Gasteiger partial charge in [0.1, 0.15) is 12.2 Å². The predicted octanol–water partition coefficient (Wildman–Crippen LogP) is -0.966. The molecule has 2 fully saturated rings. The smallest absolute Gasteiger partial charge is 0.332 e. The lowest BCUT2D eigenvalue weighted by Gasteiger charge is -2.47. The average Bonchev–Trinajstić information content (AvgIpc) is 2.35. The fraction of sp³-hybridized carbons (Fsp3) is 0.833.